The standard InChI is InChI=1S/C24H26N2O5/c1-29-20-13-16(14-21(30-2)23(20)31-3)15-26-24(28)22-18(17-7-5-4-6-8-17)9-11-25-19(22)10-12-27/h4-9,11,13-14,27H,10,12,15H2,1-3H3,(H,26,28). The van der Waals surface area contributed by atoms with Gasteiger partial charge in [0.25, 0.3) is 5.91 Å². The third-order valence-electron chi connectivity index (χ3n) is 4.87. The number of aromatic nitrogens is 1. The molecule has 0 bridgehead atoms. The molecule has 0 aliphatic heterocycles. The number of pyridine rings is 1. The normalized spacial score (nSPS) is 10.5. The summed E-state index contributed by atoms with van der Waals surface area (Å²) in [6.45, 7) is 0.148. The van der Waals surface area contributed by atoms with Crippen molar-refractivity contribution >= 4 is 5.91 Å². The minimum Gasteiger partial charge on any atom is -0.493 e. The summed E-state index contributed by atoms with van der Waals surface area (Å²) in [6.07, 6.45) is 1.94. The Morgan fingerprint density at radius 3 is 2.26 bits per heavy atom. The number of rotatable bonds is 9. The smallest absolute Gasteiger partial charge is 0.254 e. The second-order valence-corrected chi connectivity index (χ2v) is 6.74. The Labute approximate surface area is 181 Å². The van der Waals surface area contributed by atoms with Gasteiger partial charge in [-0.25, -0.2) is 0 Å². The minimum atomic E-state index is -0.274. The van der Waals surface area contributed by atoms with Crippen LogP contribution in [0.2, 0.25) is 0 Å². The van der Waals surface area contributed by atoms with Gasteiger partial charge in [-0.3, -0.25) is 9.78 Å². The second kappa shape index (κ2) is 10.4. The summed E-state index contributed by atoms with van der Waals surface area (Å²) in [4.78, 5) is 17.6. The summed E-state index contributed by atoms with van der Waals surface area (Å²) < 4.78 is 16.1. The molecular weight excluding hydrogens is 396 g/mol. The van der Waals surface area contributed by atoms with Crippen LogP contribution in [0.4, 0.5) is 0 Å². The van der Waals surface area contributed by atoms with Gasteiger partial charge in [0, 0.05) is 25.8 Å². The van der Waals surface area contributed by atoms with Crippen LogP contribution in [0, 0.1) is 0 Å². The molecule has 0 saturated heterocycles. The van der Waals surface area contributed by atoms with Crippen LogP contribution < -0.4 is 19.5 Å². The zero-order valence-electron chi connectivity index (χ0n) is 17.8. The molecule has 1 heterocycles. The Kier molecular flexibility index (Phi) is 7.45. The Bertz CT molecular complexity index is 1010. The molecule has 3 aromatic rings. The number of carbonyl (C=O) groups excluding carboxylic acids is 1. The molecule has 7 nitrogen and oxygen atoms in total. The number of aliphatic hydroxyl groups is 1. The highest BCUT2D eigenvalue weighted by atomic mass is 16.5. The van der Waals surface area contributed by atoms with Crippen LogP contribution in [0.25, 0.3) is 11.1 Å². The zero-order valence-corrected chi connectivity index (χ0v) is 17.8. The van der Waals surface area contributed by atoms with Crippen molar-refractivity contribution in [1.82, 2.24) is 10.3 Å². The summed E-state index contributed by atoms with van der Waals surface area (Å²) in [7, 11) is 4.63. The SMILES string of the molecule is COc1cc(CNC(=O)c2c(-c3ccccc3)ccnc2CCO)cc(OC)c1OC. The second-order valence-electron chi connectivity index (χ2n) is 6.74. The maximum absolute atomic E-state index is 13.2. The molecule has 0 radical (unpaired) electrons. The van der Waals surface area contributed by atoms with Gasteiger partial charge in [0.15, 0.2) is 11.5 Å². The molecule has 0 atom stereocenters. The number of nitrogens with one attached hydrogen (secondary N) is 1. The van der Waals surface area contributed by atoms with E-state index in [0.29, 0.717) is 28.5 Å². The van der Waals surface area contributed by atoms with Crippen LogP contribution >= 0.6 is 0 Å². The van der Waals surface area contributed by atoms with E-state index >= 15 is 0 Å². The predicted molar refractivity (Wildman–Crippen MR) is 118 cm³/mol. The van der Waals surface area contributed by atoms with E-state index in [4.69, 9.17) is 14.2 Å². The molecule has 2 N–H and O–H groups in total. The average molecular weight is 422 g/mol. The van der Waals surface area contributed by atoms with Gasteiger partial charge < -0.3 is 24.6 Å². The van der Waals surface area contributed by atoms with Crippen LogP contribution in [-0.4, -0.2) is 43.9 Å². The largest absolute Gasteiger partial charge is 0.493 e. The zero-order chi connectivity index (χ0) is 22.2. The fourth-order valence-electron chi connectivity index (χ4n) is 3.42. The van der Waals surface area contributed by atoms with Crippen LogP contribution in [0.5, 0.6) is 17.2 Å². The van der Waals surface area contributed by atoms with Gasteiger partial charge in [-0.2, -0.15) is 0 Å². The first-order chi connectivity index (χ1) is 15.1. The molecule has 0 unspecified atom stereocenters. The summed E-state index contributed by atoms with van der Waals surface area (Å²) in [5.41, 5.74) is 3.46. The van der Waals surface area contributed by atoms with E-state index in [-0.39, 0.29) is 25.5 Å². The number of amides is 1. The van der Waals surface area contributed by atoms with Crippen molar-refractivity contribution in [1.29, 1.82) is 0 Å². The van der Waals surface area contributed by atoms with Crippen molar-refractivity contribution in [2.24, 2.45) is 0 Å². The molecule has 0 saturated carbocycles. The number of nitrogens with zero attached hydrogens (tertiary/aromatic N) is 1. The quantitative estimate of drug-likeness (QED) is 0.550. The van der Waals surface area contributed by atoms with Crippen molar-refractivity contribution in [2.45, 2.75) is 13.0 Å². The highest BCUT2D eigenvalue weighted by Gasteiger charge is 2.19. The first-order valence-corrected chi connectivity index (χ1v) is 9.84. The van der Waals surface area contributed by atoms with E-state index in [2.05, 4.69) is 10.3 Å². The minimum absolute atomic E-state index is 0.0988. The van der Waals surface area contributed by atoms with Gasteiger partial charge in [-0.1, -0.05) is 30.3 Å². The molecule has 1 amide bonds. The monoisotopic (exact) mass is 422 g/mol. The first-order valence-electron chi connectivity index (χ1n) is 9.84. The lowest BCUT2D eigenvalue weighted by Crippen LogP contribution is -2.25. The highest BCUT2D eigenvalue weighted by Crippen LogP contribution is 2.38. The van der Waals surface area contributed by atoms with Gasteiger partial charge in [-0.15, -0.1) is 0 Å². The fourth-order valence-corrected chi connectivity index (χ4v) is 3.42. The lowest BCUT2D eigenvalue weighted by molar-refractivity contribution is 0.0950. The van der Waals surface area contributed by atoms with Gasteiger partial charge in [0.05, 0.1) is 32.6 Å². The van der Waals surface area contributed by atoms with Crippen molar-refractivity contribution < 1.29 is 24.1 Å². The highest BCUT2D eigenvalue weighted by molar-refractivity contribution is 6.01. The van der Waals surface area contributed by atoms with E-state index < -0.39 is 0 Å². The molecule has 162 valence electrons. The van der Waals surface area contributed by atoms with Gasteiger partial charge in [0.1, 0.15) is 0 Å². The summed E-state index contributed by atoms with van der Waals surface area (Å²) in [5, 5.41) is 12.4. The number of ether oxygens (including phenoxy) is 3. The van der Waals surface area contributed by atoms with Crippen LogP contribution in [-0.2, 0) is 13.0 Å². The molecule has 0 fully saturated rings. The Morgan fingerprint density at radius 2 is 1.68 bits per heavy atom. The maximum Gasteiger partial charge on any atom is 0.254 e. The summed E-state index contributed by atoms with van der Waals surface area (Å²) in [6, 6.07) is 15.0. The molecule has 7 heteroatoms. The molecule has 0 aliphatic carbocycles. The molecule has 0 spiro atoms. The van der Waals surface area contributed by atoms with E-state index in [0.717, 1.165) is 16.7 Å². The van der Waals surface area contributed by atoms with Crippen molar-refractivity contribution in [3.05, 3.63) is 71.5 Å². The molecule has 31 heavy (non-hydrogen) atoms. The number of benzene rings is 2. The molecule has 3 rings (SSSR count). The van der Waals surface area contributed by atoms with Crippen molar-refractivity contribution in [3.8, 4) is 28.4 Å². The number of aliphatic hydroxyl groups excluding tert-OH is 1. The third kappa shape index (κ3) is 4.95. The van der Waals surface area contributed by atoms with E-state index in [1.165, 1.54) is 7.11 Å². The van der Waals surface area contributed by atoms with Crippen LogP contribution in [0.1, 0.15) is 21.6 Å². The molecule has 2 aromatic carbocycles. The van der Waals surface area contributed by atoms with Crippen LogP contribution in [0.15, 0.2) is 54.7 Å². The van der Waals surface area contributed by atoms with E-state index in [9.17, 15) is 9.90 Å². The van der Waals surface area contributed by atoms with Crippen molar-refractivity contribution in [3.63, 3.8) is 0 Å². The fraction of sp³-hybridized carbons (Fsp3) is 0.250. The summed E-state index contributed by atoms with van der Waals surface area (Å²) >= 11 is 0. The molecule has 0 aliphatic rings. The average Bonchev–Trinajstić information content (AvgIpc) is 2.82. The topological polar surface area (TPSA) is 89.9 Å². The number of hydrogen-bond donors (Lipinski definition) is 2. The first kappa shape index (κ1) is 22.1. The van der Waals surface area contributed by atoms with Gasteiger partial charge in [0.2, 0.25) is 5.75 Å². The number of hydrogen-bond acceptors (Lipinski definition) is 6. The Balaban J connectivity index is 1.92. The molecular formula is C24H26N2O5. The van der Waals surface area contributed by atoms with E-state index in [1.807, 2.05) is 36.4 Å². The number of carbonyl (C=O) groups is 1. The third-order valence-corrected chi connectivity index (χ3v) is 4.87. The lowest BCUT2D eigenvalue weighted by Gasteiger charge is -2.16. The number of methoxy groups -OCH3 is 3. The van der Waals surface area contributed by atoms with Gasteiger partial charge in [-0.05, 0) is 34.9 Å². The van der Waals surface area contributed by atoms with E-state index in [1.54, 1.807) is 32.5 Å². The Morgan fingerprint density at radius 1 is 1.00 bits per heavy atom. The Hall–Kier alpha value is -3.58. The van der Waals surface area contributed by atoms with Crippen LogP contribution in [0.3, 0.4) is 0 Å². The summed E-state index contributed by atoms with van der Waals surface area (Å²) in [5.74, 6) is 1.24. The maximum atomic E-state index is 13.2. The predicted octanol–water partition coefficient (Wildman–Crippen LogP) is 3.24. The lowest BCUT2D eigenvalue weighted by atomic mass is 9.97. The van der Waals surface area contributed by atoms with Crippen molar-refractivity contribution in [2.75, 3.05) is 27.9 Å². The van der Waals surface area contributed by atoms with Gasteiger partial charge >= 0.3 is 0 Å². The molecule has 1 aromatic heterocycles.